The fourth-order valence-electron chi connectivity index (χ4n) is 4.65. The number of nitrogens with zero attached hydrogens (tertiary/aromatic N) is 3. The summed E-state index contributed by atoms with van der Waals surface area (Å²) in [6.07, 6.45) is 7.88. The highest BCUT2D eigenvalue weighted by Crippen LogP contribution is 2.41. The summed E-state index contributed by atoms with van der Waals surface area (Å²) in [6.45, 7) is 1.91. The summed E-state index contributed by atoms with van der Waals surface area (Å²) < 4.78 is 43.2. The molecule has 0 unspecified atom stereocenters. The lowest BCUT2D eigenvalue weighted by molar-refractivity contribution is 0.155. The Morgan fingerprint density at radius 3 is 2.62 bits per heavy atom. The molecule has 0 atom stereocenters. The number of methoxy groups -OCH3 is 1. The van der Waals surface area contributed by atoms with E-state index in [0.717, 1.165) is 43.1 Å². The Hall–Kier alpha value is -2.94. The third-order valence-electron chi connectivity index (χ3n) is 6.54. The largest absolute Gasteiger partial charge is 0.494 e. The van der Waals surface area contributed by atoms with E-state index >= 15 is 0 Å². The Balaban J connectivity index is 1.55. The third-order valence-corrected chi connectivity index (χ3v) is 8.92. The monoisotopic (exact) mass is 484 g/mol. The van der Waals surface area contributed by atoms with Gasteiger partial charge in [-0.25, -0.2) is 18.6 Å². The SMILES string of the molecule is COc1c(N=S2(=O)CCC2)cc2ncnc(Nc3ccc(F)cc3OC3CCCCC3)c2c1C. The first kappa shape index (κ1) is 22.8. The van der Waals surface area contributed by atoms with Crippen LogP contribution in [0.2, 0.25) is 0 Å². The van der Waals surface area contributed by atoms with Crippen molar-refractivity contribution in [3.8, 4) is 11.5 Å². The van der Waals surface area contributed by atoms with Crippen LogP contribution in [0.5, 0.6) is 11.5 Å². The molecule has 1 N–H and O–H groups in total. The van der Waals surface area contributed by atoms with Crippen LogP contribution in [0.15, 0.2) is 35.0 Å². The Kier molecular flexibility index (Phi) is 6.29. The number of rotatable bonds is 6. The Labute approximate surface area is 199 Å². The van der Waals surface area contributed by atoms with Crippen molar-refractivity contribution >= 4 is 37.8 Å². The van der Waals surface area contributed by atoms with E-state index in [1.807, 2.05) is 6.92 Å². The predicted molar refractivity (Wildman–Crippen MR) is 133 cm³/mol. The molecule has 1 aromatic heterocycles. The zero-order valence-electron chi connectivity index (χ0n) is 19.5. The standard InChI is InChI=1S/C25H29FN4O3S/c1-16-23-20(14-21(24(16)32-2)30-34(31)11-6-12-34)27-15-28-25(23)29-19-10-9-17(26)13-22(19)33-18-7-4-3-5-8-18/h9-10,13-15,18H,3-8,11-12H2,1-2H3,(H,27,28,29). The second-order valence-electron chi connectivity index (χ2n) is 8.94. The fourth-order valence-corrected chi connectivity index (χ4v) is 6.11. The van der Waals surface area contributed by atoms with Gasteiger partial charge in [0.25, 0.3) is 0 Å². The lowest BCUT2D eigenvalue weighted by Gasteiger charge is -2.24. The number of hydrogen-bond donors (Lipinski definition) is 1. The van der Waals surface area contributed by atoms with Gasteiger partial charge in [-0.15, -0.1) is 0 Å². The number of nitrogens with one attached hydrogen (secondary N) is 1. The van der Waals surface area contributed by atoms with E-state index in [0.29, 0.717) is 45.7 Å². The molecule has 2 aromatic carbocycles. The van der Waals surface area contributed by atoms with Gasteiger partial charge in [-0.05, 0) is 57.2 Å². The van der Waals surface area contributed by atoms with Crippen molar-refractivity contribution < 1.29 is 18.1 Å². The molecule has 1 aliphatic carbocycles. The number of hydrogen-bond acceptors (Lipinski definition) is 7. The minimum absolute atomic E-state index is 0.0812. The molecule has 0 spiro atoms. The van der Waals surface area contributed by atoms with Crippen LogP contribution in [0, 0.1) is 12.7 Å². The van der Waals surface area contributed by atoms with Crippen LogP contribution < -0.4 is 14.8 Å². The first-order chi connectivity index (χ1) is 16.5. The molecule has 1 saturated heterocycles. The van der Waals surface area contributed by atoms with E-state index in [1.165, 1.54) is 24.9 Å². The molecule has 2 aliphatic rings. The third kappa shape index (κ3) is 4.53. The van der Waals surface area contributed by atoms with Gasteiger partial charge in [0.2, 0.25) is 0 Å². The van der Waals surface area contributed by atoms with E-state index in [2.05, 4.69) is 19.6 Å². The minimum atomic E-state index is -2.21. The van der Waals surface area contributed by atoms with Crippen molar-refractivity contribution in [2.45, 2.75) is 51.6 Å². The van der Waals surface area contributed by atoms with Gasteiger partial charge >= 0.3 is 0 Å². The summed E-state index contributed by atoms with van der Waals surface area (Å²) in [6, 6.07) is 6.28. The summed E-state index contributed by atoms with van der Waals surface area (Å²) in [5.41, 5.74) is 2.64. The molecule has 9 heteroatoms. The van der Waals surface area contributed by atoms with Crippen LogP contribution in [-0.2, 0) is 9.73 Å². The number of anilines is 2. The lowest BCUT2D eigenvalue weighted by Crippen LogP contribution is -2.23. The van der Waals surface area contributed by atoms with Crippen LogP contribution in [0.25, 0.3) is 10.9 Å². The number of fused-ring (bicyclic) bond motifs is 1. The number of aromatic nitrogens is 2. The molecule has 0 radical (unpaired) electrons. The van der Waals surface area contributed by atoms with Gasteiger partial charge in [0, 0.05) is 28.5 Å². The lowest BCUT2D eigenvalue weighted by atomic mass is 9.98. The maximum absolute atomic E-state index is 14.1. The normalized spacial score (nSPS) is 17.7. The Bertz CT molecular complexity index is 1340. The highest BCUT2D eigenvalue weighted by molar-refractivity contribution is 7.95. The van der Waals surface area contributed by atoms with Crippen molar-refractivity contribution in [2.75, 3.05) is 23.9 Å². The summed E-state index contributed by atoms with van der Waals surface area (Å²) >= 11 is 0. The predicted octanol–water partition coefficient (Wildman–Crippen LogP) is 6.04. The maximum Gasteiger partial charge on any atom is 0.149 e. The van der Waals surface area contributed by atoms with Crippen LogP contribution in [0.4, 0.5) is 21.6 Å². The maximum atomic E-state index is 14.1. The molecule has 1 saturated carbocycles. The molecule has 5 rings (SSSR count). The van der Waals surface area contributed by atoms with E-state index in [4.69, 9.17) is 9.47 Å². The molecule has 34 heavy (non-hydrogen) atoms. The molecule has 0 bridgehead atoms. The topological polar surface area (TPSA) is 85.7 Å². The van der Waals surface area contributed by atoms with E-state index in [9.17, 15) is 8.60 Å². The number of aryl methyl sites for hydroxylation is 1. The van der Waals surface area contributed by atoms with Gasteiger partial charge in [0.1, 0.15) is 35.1 Å². The molecule has 7 nitrogen and oxygen atoms in total. The Morgan fingerprint density at radius 1 is 1.12 bits per heavy atom. The van der Waals surface area contributed by atoms with Crippen molar-refractivity contribution in [3.63, 3.8) is 0 Å². The number of halogens is 1. The smallest absolute Gasteiger partial charge is 0.149 e. The second kappa shape index (κ2) is 9.37. The average molecular weight is 485 g/mol. The highest BCUT2D eigenvalue weighted by Gasteiger charge is 2.23. The second-order valence-corrected chi connectivity index (χ2v) is 11.5. The van der Waals surface area contributed by atoms with Crippen LogP contribution in [0.3, 0.4) is 0 Å². The minimum Gasteiger partial charge on any atom is -0.494 e. The Morgan fingerprint density at radius 2 is 1.91 bits per heavy atom. The van der Waals surface area contributed by atoms with E-state index in [-0.39, 0.29) is 11.9 Å². The number of ether oxygens (including phenoxy) is 2. The first-order valence-electron chi connectivity index (χ1n) is 11.7. The molecule has 2 fully saturated rings. The van der Waals surface area contributed by atoms with Gasteiger partial charge in [0.05, 0.1) is 34.1 Å². The van der Waals surface area contributed by atoms with Gasteiger partial charge in [0.15, 0.2) is 0 Å². The summed E-state index contributed by atoms with van der Waals surface area (Å²) in [4.78, 5) is 8.90. The van der Waals surface area contributed by atoms with Crippen LogP contribution in [0.1, 0.15) is 44.1 Å². The fraction of sp³-hybridized carbons (Fsp3) is 0.440. The average Bonchev–Trinajstić information content (AvgIpc) is 2.80. The summed E-state index contributed by atoms with van der Waals surface area (Å²) in [5.74, 6) is 2.45. The first-order valence-corrected chi connectivity index (χ1v) is 13.6. The van der Waals surface area contributed by atoms with Crippen molar-refractivity contribution in [1.29, 1.82) is 0 Å². The molecule has 3 aromatic rings. The zero-order valence-corrected chi connectivity index (χ0v) is 20.3. The van der Waals surface area contributed by atoms with E-state index < -0.39 is 9.73 Å². The molecular weight excluding hydrogens is 455 g/mol. The number of benzene rings is 2. The molecule has 180 valence electrons. The van der Waals surface area contributed by atoms with Crippen LogP contribution in [-0.4, -0.2) is 38.9 Å². The van der Waals surface area contributed by atoms with Crippen molar-refractivity contribution in [3.05, 3.63) is 42.0 Å². The summed E-state index contributed by atoms with van der Waals surface area (Å²) in [7, 11) is -0.631. The molecule has 2 heterocycles. The zero-order chi connectivity index (χ0) is 23.7. The van der Waals surface area contributed by atoms with Gasteiger partial charge < -0.3 is 14.8 Å². The molecule has 1 aliphatic heterocycles. The summed E-state index contributed by atoms with van der Waals surface area (Å²) in [5, 5.41) is 4.09. The van der Waals surface area contributed by atoms with E-state index in [1.54, 1.807) is 19.2 Å². The van der Waals surface area contributed by atoms with Gasteiger partial charge in [-0.2, -0.15) is 4.36 Å². The quantitative estimate of drug-likeness (QED) is 0.459. The van der Waals surface area contributed by atoms with Crippen molar-refractivity contribution in [1.82, 2.24) is 9.97 Å². The van der Waals surface area contributed by atoms with Gasteiger partial charge in [-0.3, -0.25) is 0 Å². The van der Waals surface area contributed by atoms with Gasteiger partial charge in [-0.1, -0.05) is 6.42 Å². The van der Waals surface area contributed by atoms with Crippen LogP contribution >= 0.6 is 0 Å². The molecular formula is C25H29FN4O3S. The molecule has 0 amide bonds. The van der Waals surface area contributed by atoms with Crippen molar-refractivity contribution in [2.24, 2.45) is 4.36 Å². The highest BCUT2D eigenvalue weighted by atomic mass is 32.2.